The molecule has 1 rings (SSSR count). The highest BCUT2D eigenvalue weighted by molar-refractivity contribution is 5.77. The van der Waals surface area contributed by atoms with Gasteiger partial charge in [0.2, 0.25) is 5.91 Å². The van der Waals surface area contributed by atoms with E-state index in [4.69, 9.17) is 0 Å². The third kappa shape index (κ3) is 5.32. The molecule has 0 bridgehead atoms. The number of amides is 1. The molecule has 3 nitrogen and oxygen atoms in total. The normalized spacial score (nSPS) is 10.7. The van der Waals surface area contributed by atoms with Crippen LogP contribution in [-0.2, 0) is 11.2 Å². The molecule has 0 radical (unpaired) electrons. The van der Waals surface area contributed by atoms with Crippen molar-refractivity contribution >= 4 is 5.91 Å². The predicted octanol–water partition coefficient (Wildman–Crippen LogP) is 1.99. The molecule has 1 aromatic carbocycles. The number of aryl methyl sites for hydroxylation is 1. The predicted molar refractivity (Wildman–Crippen MR) is 75.7 cm³/mol. The number of nitrogens with one attached hydrogen (secondary N) is 1. The zero-order valence-electron chi connectivity index (χ0n) is 11.9. The van der Waals surface area contributed by atoms with Crippen LogP contribution >= 0.6 is 0 Å². The molecule has 0 atom stereocenters. The van der Waals surface area contributed by atoms with Gasteiger partial charge in [0.25, 0.3) is 0 Å². The van der Waals surface area contributed by atoms with Crippen LogP contribution in [0.1, 0.15) is 25.0 Å². The average molecular weight is 248 g/mol. The van der Waals surface area contributed by atoms with Gasteiger partial charge in [-0.15, -0.1) is 0 Å². The Labute approximate surface area is 110 Å². The molecule has 0 aliphatic carbocycles. The quantitative estimate of drug-likeness (QED) is 0.835. The number of carbonyl (C=O) groups is 1. The van der Waals surface area contributed by atoms with Crippen molar-refractivity contribution in [1.29, 1.82) is 0 Å². The zero-order valence-corrected chi connectivity index (χ0v) is 11.9. The lowest BCUT2D eigenvalue weighted by atomic mass is 10.1. The van der Waals surface area contributed by atoms with Gasteiger partial charge in [-0.25, -0.2) is 0 Å². The van der Waals surface area contributed by atoms with Crippen LogP contribution in [0.2, 0.25) is 0 Å². The van der Waals surface area contributed by atoms with Crippen molar-refractivity contribution in [2.75, 3.05) is 20.1 Å². The second kappa shape index (κ2) is 7.17. The maximum absolute atomic E-state index is 11.8. The van der Waals surface area contributed by atoms with Crippen LogP contribution in [0.15, 0.2) is 24.3 Å². The lowest BCUT2D eigenvalue weighted by molar-refractivity contribution is -0.129. The molecule has 0 spiro atoms. The summed E-state index contributed by atoms with van der Waals surface area (Å²) in [5.41, 5.74) is 2.54. The number of likely N-dealkylation sites (N-methyl/N-ethyl adjacent to an activating group) is 1. The molecule has 0 unspecified atom stereocenters. The number of benzene rings is 1. The van der Waals surface area contributed by atoms with E-state index >= 15 is 0 Å². The molecule has 0 aromatic heterocycles. The first kappa shape index (κ1) is 14.7. The maximum atomic E-state index is 11.8. The van der Waals surface area contributed by atoms with Crippen molar-refractivity contribution in [3.63, 3.8) is 0 Å². The van der Waals surface area contributed by atoms with Gasteiger partial charge in [0, 0.05) is 19.6 Å². The van der Waals surface area contributed by atoms with E-state index in [0.29, 0.717) is 12.6 Å². The summed E-state index contributed by atoms with van der Waals surface area (Å²) in [5, 5.41) is 3.14. The Bertz CT molecular complexity index is 371. The minimum atomic E-state index is 0.149. The van der Waals surface area contributed by atoms with Crippen LogP contribution in [0.3, 0.4) is 0 Å². The summed E-state index contributed by atoms with van der Waals surface area (Å²) in [6.45, 7) is 7.35. The second-order valence-corrected chi connectivity index (χ2v) is 5.09. The second-order valence-electron chi connectivity index (χ2n) is 5.09. The standard InChI is InChI=1S/C15H24N2O/c1-12(2)16-11-15(18)17(4)10-9-14-7-5-13(3)6-8-14/h5-8,12,16H,9-11H2,1-4H3. The van der Waals surface area contributed by atoms with Crippen molar-refractivity contribution in [3.8, 4) is 0 Å². The highest BCUT2D eigenvalue weighted by Gasteiger charge is 2.08. The molecule has 0 aliphatic rings. The van der Waals surface area contributed by atoms with Gasteiger partial charge in [-0.1, -0.05) is 43.7 Å². The Balaban J connectivity index is 2.34. The molecule has 1 aromatic rings. The molecule has 3 heteroatoms. The number of hydrogen-bond donors (Lipinski definition) is 1. The summed E-state index contributed by atoms with van der Waals surface area (Å²) in [4.78, 5) is 13.6. The molecule has 0 aliphatic heterocycles. The van der Waals surface area contributed by atoms with Crippen LogP contribution in [0.25, 0.3) is 0 Å². The minimum Gasteiger partial charge on any atom is -0.344 e. The molecule has 0 saturated heterocycles. The van der Waals surface area contributed by atoms with Gasteiger partial charge in [-0.2, -0.15) is 0 Å². The summed E-state index contributed by atoms with van der Waals surface area (Å²) in [6.07, 6.45) is 0.907. The molecule has 18 heavy (non-hydrogen) atoms. The van der Waals surface area contributed by atoms with E-state index in [1.807, 2.05) is 20.9 Å². The first-order valence-corrected chi connectivity index (χ1v) is 6.52. The average Bonchev–Trinajstić information content (AvgIpc) is 2.34. The van der Waals surface area contributed by atoms with Gasteiger partial charge < -0.3 is 10.2 Å². The van der Waals surface area contributed by atoms with Gasteiger partial charge >= 0.3 is 0 Å². The van der Waals surface area contributed by atoms with Crippen LogP contribution in [0.4, 0.5) is 0 Å². The molecular weight excluding hydrogens is 224 g/mol. The monoisotopic (exact) mass is 248 g/mol. The van der Waals surface area contributed by atoms with Gasteiger partial charge in [0.1, 0.15) is 0 Å². The maximum Gasteiger partial charge on any atom is 0.236 e. The Morgan fingerprint density at radius 1 is 1.28 bits per heavy atom. The first-order chi connectivity index (χ1) is 8.49. The highest BCUT2D eigenvalue weighted by atomic mass is 16.2. The van der Waals surface area contributed by atoms with Crippen molar-refractivity contribution in [2.45, 2.75) is 33.2 Å². The van der Waals surface area contributed by atoms with E-state index in [9.17, 15) is 4.79 Å². The molecule has 0 heterocycles. The molecule has 0 saturated carbocycles. The summed E-state index contributed by atoms with van der Waals surface area (Å²) >= 11 is 0. The van der Waals surface area contributed by atoms with E-state index in [0.717, 1.165) is 13.0 Å². The van der Waals surface area contributed by atoms with E-state index in [1.54, 1.807) is 4.90 Å². The fourth-order valence-corrected chi connectivity index (χ4v) is 1.60. The van der Waals surface area contributed by atoms with E-state index in [-0.39, 0.29) is 5.91 Å². The fraction of sp³-hybridized carbons (Fsp3) is 0.533. The fourth-order valence-electron chi connectivity index (χ4n) is 1.60. The van der Waals surface area contributed by atoms with Crippen LogP contribution in [-0.4, -0.2) is 37.0 Å². The van der Waals surface area contributed by atoms with Gasteiger partial charge in [0.05, 0.1) is 6.54 Å². The molecule has 1 N–H and O–H groups in total. The smallest absolute Gasteiger partial charge is 0.236 e. The summed E-state index contributed by atoms with van der Waals surface area (Å²) in [5.74, 6) is 0.149. The Hall–Kier alpha value is -1.35. The van der Waals surface area contributed by atoms with Crippen molar-refractivity contribution in [2.24, 2.45) is 0 Å². The van der Waals surface area contributed by atoms with E-state index < -0.39 is 0 Å². The zero-order chi connectivity index (χ0) is 13.5. The van der Waals surface area contributed by atoms with E-state index in [1.165, 1.54) is 11.1 Å². The summed E-state index contributed by atoms with van der Waals surface area (Å²) in [6, 6.07) is 8.81. The van der Waals surface area contributed by atoms with Crippen molar-refractivity contribution in [1.82, 2.24) is 10.2 Å². The third-order valence-electron chi connectivity index (χ3n) is 2.94. The molecule has 0 fully saturated rings. The van der Waals surface area contributed by atoms with Crippen molar-refractivity contribution in [3.05, 3.63) is 35.4 Å². The van der Waals surface area contributed by atoms with Gasteiger partial charge in [0.15, 0.2) is 0 Å². The molecule has 100 valence electrons. The number of carbonyl (C=O) groups excluding carboxylic acids is 1. The largest absolute Gasteiger partial charge is 0.344 e. The van der Waals surface area contributed by atoms with Crippen LogP contribution in [0, 0.1) is 6.92 Å². The number of nitrogens with zero attached hydrogens (tertiary/aromatic N) is 1. The lowest BCUT2D eigenvalue weighted by Crippen LogP contribution is -2.38. The van der Waals surface area contributed by atoms with Crippen molar-refractivity contribution < 1.29 is 4.79 Å². The number of hydrogen-bond acceptors (Lipinski definition) is 2. The van der Waals surface area contributed by atoms with Gasteiger partial charge in [-0.05, 0) is 18.9 Å². The van der Waals surface area contributed by atoms with Gasteiger partial charge in [-0.3, -0.25) is 4.79 Å². The Morgan fingerprint density at radius 3 is 2.44 bits per heavy atom. The summed E-state index contributed by atoms with van der Waals surface area (Å²) < 4.78 is 0. The minimum absolute atomic E-state index is 0.149. The topological polar surface area (TPSA) is 32.3 Å². The Morgan fingerprint density at radius 2 is 1.89 bits per heavy atom. The summed E-state index contributed by atoms with van der Waals surface area (Å²) in [7, 11) is 1.86. The first-order valence-electron chi connectivity index (χ1n) is 6.52. The molecule has 1 amide bonds. The third-order valence-corrected chi connectivity index (χ3v) is 2.94. The lowest BCUT2D eigenvalue weighted by Gasteiger charge is -2.18. The number of rotatable bonds is 6. The van der Waals surface area contributed by atoms with E-state index in [2.05, 4.69) is 36.5 Å². The Kier molecular flexibility index (Phi) is 5.86. The van der Waals surface area contributed by atoms with Crippen LogP contribution < -0.4 is 5.32 Å². The van der Waals surface area contributed by atoms with Crippen LogP contribution in [0.5, 0.6) is 0 Å². The highest BCUT2D eigenvalue weighted by Crippen LogP contribution is 2.04. The SMILES string of the molecule is Cc1ccc(CCN(C)C(=O)CNC(C)C)cc1. The molecular formula is C15H24N2O.